The highest BCUT2D eigenvalue weighted by atomic mass is 16.2. The molecule has 2 amide bonds. The van der Waals surface area contributed by atoms with Crippen LogP contribution in [0.2, 0.25) is 0 Å². The van der Waals surface area contributed by atoms with E-state index in [0.717, 1.165) is 0 Å². The lowest BCUT2D eigenvalue weighted by molar-refractivity contribution is -0.138. The summed E-state index contributed by atoms with van der Waals surface area (Å²) in [5.41, 5.74) is 1.12. The number of carbonyl (C=O) groups is 2. The standard InChI is InChI=1S/C16H18N2O2/c1-4-6-11(5-2)17-15(19)16(20)18-12-7-8-13-10(3)14(13)9-12/h4-10,13-14H,1-2H2,3H3,(H,17,19)(H,18,20)/b11-6+. The molecule has 104 valence electrons. The van der Waals surface area contributed by atoms with Gasteiger partial charge in [0.15, 0.2) is 0 Å². The van der Waals surface area contributed by atoms with Crippen molar-refractivity contribution in [2.75, 3.05) is 0 Å². The Hall–Kier alpha value is -2.36. The Morgan fingerprint density at radius 1 is 1.25 bits per heavy atom. The van der Waals surface area contributed by atoms with Gasteiger partial charge in [-0.25, -0.2) is 0 Å². The molecule has 0 bridgehead atoms. The molecule has 0 radical (unpaired) electrons. The lowest BCUT2D eigenvalue weighted by Crippen LogP contribution is -2.38. The summed E-state index contributed by atoms with van der Waals surface area (Å²) in [6.45, 7) is 9.24. The molecule has 0 aromatic heterocycles. The van der Waals surface area contributed by atoms with E-state index in [1.54, 1.807) is 6.08 Å². The third-order valence-corrected chi connectivity index (χ3v) is 3.63. The van der Waals surface area contributed by atoms with Gasteiger partial charge in [0.25, 0.3) is 0 Å². The first-order valence-corrected chi connectivity index (χ1v) is 6.54. The smallest absolute Gasteiger partial charge is 0.314 e. The van der Waals surface area contributed by atoms with E-state index in [1.807, 2.05) is 12.2 Å². The van der Waals surface area contributed by atoms with E-state index in [4.69, 9.17) is 0 Å². The van der Waals surface area contributed by atoms with E-state index >= 15 is 0 Å². The molecule has 0 heterocycles. The maximum atomic E-state index is 11.8. The van der Waals surface area contributed by atoms with E-state index < -0.39 is 11.8 Å². The van der Waals surface area contributed by atoms with Crippen molar-refractivity contribution in [1.82, 2.24) is 10.6 Å². The third-order valence-electron chi connectivity index (χ3n) is 3.63. The van der Waals surface area contributed by atoms with Gasteiger partial charge in [0.05, 0.1) is 0 Å². The number of rotatable bonds is 4. The van der Waals surface area contributed by atoms with Gasteiger partial charge in [0.1, 0.15) is 0 Å². The molecule has 2 rings (SSSR count). The topological polar surface area (TPSA) is 58.2 Å². The lowest BCUT2D eigenvalue weighted by atomic mass is 10.1. The van der Waals surface area contributed by atoms with Crippen molar-refractivity contribution >= 4 is 11.8 Å². The Labute approximate surface area is 118 Å². The molecule has 0 aliphatic heterocycles. The Morgan fingerprint density at radius 3 is 2.60 bits per heavy atom. The van der Waals surface area contributed by atoms with Crippen LogP contribution in [0.15, 0.2) is 61.0 Å². The van der Waals surface area contributed by atoms with Crippen LogP contribution in [0.5, 0.6) is 0 Å². The molecular formula is C16H18N2O2. The van der Waals surface area contributed by atoms with Crippen LogP contribution in [-0.2, 0) is 9.59 Å². The number of nitrogens with one attached hydrogen (secondary N) is 2. The molecule has 2 aliphatic rings. The highest BCUT2D eigenvalue weighted by Crippen LogP contribution is 2.50. The second kappa shape index (κ2) is 5.74. The van der Waals surface area contributed by atoms with Crippen LogP contribution in [0.4, 0.5) is 0 Å². The minimum absolute atomic E-state index is 0.434. The Bertz CT molecular complexity index is 555. The average molecular weight is 270 g/mol. The summed E-state index contributed by atoms with van der Waals surface area (Å²) in [5, 5.41) is 5.06. The van der Waals surface area contributed by atoms with Crippen molar-refractivity contribution in [3.63, 3.8) is 0 Å². The van der Waals surface area contributed by atoms with E-state index in [-0.39, 0.29) is 0 Å². The molecule has 4 nitrogen and oxygen atoms in total. The van der Waals surface area contributed by atoms with Gasteiger partial charge in [0.2, 0.25) is 0 Å². The zero-order chi connectivity index (χ0) is 14.7. The summed E-state index contributed by atoms with van der Waals surface area (Å²) in [7, 11) is 0. The fourth-order valence-corrected chi connectivity index (χ4v) is 2.32. The number of hydrogen-bond acceptors (Lipinski definition) is 2. The van der Waals surface area contributed by atoms with E-state index in [2.05, 4.69) is 36.8 Å². The second-order valence-electron chi connectivity index (χ2n) is 4.97. The first kappa shape index (κ1) is 14.1. The van der Waals surface area contributed by atoms with Crippen LogP contribution in [0, 0.1) is 17.8 Å². The number of fused-ring (bicyclic) bond motifs is 1. The largest absolute Gasteiger partial charge is 0.318 e. The number of allylic oxidation sites excluding steroid dienone is 6. The van der Waals surface area contributed by atoms with Crippen LogP contribution in [0.3, 0.4) is 0 Å². The van der Waals surface area contributed by atoms with Gasteiger partial charge in [0, 0.05) is 11.4 Å². The van der Waals surface area contributed by atoms with Gasteiger partial charge in [-0.3, -0.25) is 9.59 Å². The molecule has 1 saturated carbocycles. The number of carbonyl (C=O) groups excluding carboxylic acids is 2. The quantitative estimate of drug-likeness (QED) is 0.604. The van der Waals surface area contributed by atoms with Crippen molar-refractivity contribution in [1.29, 1.82) is 0 Å². The zero-order valence-electron chi connectivity index (χ0n) is 11.4. The molecule has 2 aliphatic carbocycles. The summed E-state index contributed by atoms with van der Waals surface area (Å²) in [6.07, 6.45) is 10.5. The monoisotopic (exact) mass is 270 g/mol. The van der Waals surface area contributed by atoms with Gasteiger partial charge in [-0.05, 0) is 36.0 Å². The predicted molar refractivity (Wildman–Crippen MR) is 78.1 cm³/mol. The molecule has 0 aromatic rings. The van der Waals surface area contributed by atoms with Crippen LogP contribution < -0.4 is 10.6 Å². The van der Waals surface area contributed by atoms with E-state index in [1.165, 1.54) is 12.2 Å². The summed E-state index contributed by atoms with van der Waals surface area (Å²) in [6, 6.07) is 0. The molecule has 1 fully saturated rings. The second-order valence-corrected chi connectivity index (χ2v) is 4.97. The Kier molecular flexibility index (Phi) is 4.03. The van der Waals surface area contributed by atoms with Crippen LogP contribution >= 0.6 is 0 Å². The maximum absolute atomic E-state index is 11.8. The van der Waals surface area contributed by atoms with Gasteiger partial charge in [-0.1, -0.05) is 38.3 Å². The van der Waals surface area contributed by atoms with Gasteiger partial charge < -0.3 is 10.6 Å². The van der Waals surface area contributed by atoms with E-state index in [9.17, 15) is 9.59 Å². The normalized spacial score (nSPS) is 26.9. The first-order chi connectivity index (χ1) is 9.56. The van der Waals surface area contributed by atoms with Crippen LogP contribution in [0.1, 0.15) is 6.92 Å². The van der Waals surface area contributed by atoms with Crippen molar-refractivity contribution in [2.45, 2.75) is 6.92 Å². The summed E-state index contributed by atoms with van der Waals surface area (Å²) in [4.78, 5) is 23.5. The molecular weight excluding hydrogens is 252 g/mol. The molecule has 0 saturated heterocycles. The Balaban J connectivity index is 1.92. The fraction of sp³-hybridized carbons (Fsp3) is 0.250. The molecule has 0 spiro atoms. The van der Waals surface area contributed by atoms with Crippen molar-refractivity contribution in [3.05, 3.63) is 61.0 Å². The lowest BCUT2D eigenvalue weighted by Gasteiger charge is -2.09. The first-order valence-electron chi connectivity index (χ1n) is 6.54. The average Bonchev–Trinajstić information content (AvgIpc) is 3.08. The van der Waals surface area contributed by atoms with Gasteiger partial charge in [-0.15, -0.1) is 0 Å². The van der Waals surface area contributed by atoms with Gasteiger partial charge >= 0.3 is 11.8 Å². The summed E-state index contributed by atoms with van der Waals surface area (Å²) in [5.74, 6) is 0.287. The third kappa shape index (κ3) is 2.96. The SMILES string of the molecule is C=C/C=C(\C=C)NC(=O)C(=O)NC1=CC2C(C)C2C=C1. The highest BCUT2D eigenvalue weighted by molar-refractivity contribution is 6.36. The molecule has 3 unspecified atom stereocenters. The summed E-state index contributed by atoms with van der Waals surface area (Å²) < 4.78 is 0. The molecule has 4 heteroatoms. The molecule has 3 atom stereocenters. The van der Waals surface area contributed by atoms with E-state index in [0.29, 0.717) is 29.1 Å². The summed E-state index contributed by atoms with van der Waals surface area (Å²) >= 11 is 0. The molecule has 2 N–H and O–H groups in total. The molecule has 0 aromatic carbocycles. The predicted octanol–water partition coefficient (Wildman–Crippen LogP) is 1.81. The minimum atomic E-state index is -0.724. The van der Waals surface area contributed by atoms with Gasteiger partial charge in [-0.2, -0.15) is 0 Å². The van der Waals surface area contributed by atoms with Crippen LogP contribution in [-0.4, -0.2) is 11.8 Å². The number of hydrogen-bond donors (Lipinski definition) is 2. The highest BCUT2D eigenvalue weighted by Gasteiger charge is 2.44. The van der Waals surface area contributed by atoms with Crippen LogP contribution in [0.25, 0.3) is 0 Å². The van der Waals surface area contributed by atoms with Crippen molar-refractivity contribution in [3.8, 4) is 0 Å². The number of amides is 2. The zero-order valence-corrected chi connectivity index (χ0v) is 11.4. The molecule has 20 heavy (non-hydrogen) atoms. The fourth-order valence-electron chi connectivity index (χ4n) is 2.32. The maximum Gasteiger partial charge on any atom is 0.314 e. The minimum Gasteiger partial charge on any atom is -0.318 e. The Morgan fingerprint density at radius 2 is 2.00 bits per heavy atom. The van der Waals surface area contributed by atoms with Crippen molar-refractivity contribution in [2.24, 2.45) is 17.8 Å². The van der Waals surface area contributed by atoms with Crippen molar-refractivity contribution < 1.29 is 9.59 Å².